The third kappa shape index (κ3) is 3.58. The van der Waals surface area contributed by atoms with E-state index in [-0.39, 0.29) is 12.1 Å². The van der Waals surface area contributed by atoms with E-state index in [4.69, 9.17) is 16.3 Å². The van der Waals surface area contributed by atoms with E-state index in [1.807, 2.05) is 12.2 Å². The molecule has 82 valence electrons. The van der Waals surface area contributed by atoms with Gasteiger partial charge in [-0.3, -0.25) is 0 Å². The number of hydrogen-bond donors (Lipinski definition) is 2. The standard InChI is InChI=1S/C10H18ClNO2/c11-5-1-2-6-12-10(9-13)3-7-14-8-4-10/h1-2,12-13H,3-9H2/b2-1+. The van der Waals surface area contributed by atoms with Crippen LogP contribution in [0.1, 0.15) is 12.8 Å². The van der Waals surface area contributed by atoms with Crippen LogP contribution in [-0.4, -0.2) is 42.9 Å². The van der Waals surface area contributed by atoms with Crippen LogP contribution in [0.15, 0.2) is 12.2 Å². The van der Waals surface area contributed by atoms with Crippen molar-refractivity contribution in [1.29, 1.82) is 0 Å². The van der Waals surface area contributed by atoms with Crippen molar-refractivity contribution in [2.75, 3.05) is 32.2 Å². The van der Waals surface area contributed by atoms with Crippen LogP contribution in [0.2, 0.25) is 0 Å². The minimum absolute atomic E-state index is 0.144. The Morgan fingerprint density at radius 2 is 2.07 bits per heavy atom. The molecule has 1 aliphatic heterocycles. The Kier molecular flexibility index (Phi) is 5.48. The molecule has 0 atom stereocenters. The van der Waals surface area contributed by atoms with Gasteiger partial charge in [0.05, 0.1) is 6.61 Å². The molecule has 0 saturated carbocycles. The maximum Gasteiger partial charge on any atom is 0.0615 e. The van der Waals surface area contributed by atoms with Gasteiger partial charge in [-0.05, 0) is 12.8 Å². The van der Waals surface area contributed by atoms with Gasteiger partial charge in [-0.25, -0.2) is 0 Å². The zero-order valence-electron chi connectivity index (χ0n) is 8.34. The van der Waals surface area contributed by atoms with Crippen molar-refractivity contribution >= 4 is 11.6 Å². The van der Waals surface area contributed by atoms with Crippen molar-refractivity contribution in [2.45, 2.75) is 18.4 Å². The molecule has 0 bridgehead atoms. The largest absolute Gasteiger partial charge is 0.394 e. The van der Waals surface area contributed by atoms with Gasteiger partial charge in [0.25, 0.3) is 0 Å². The normalized spacial score (nSPS) is 21.6. The molecule has 0 aromatic carbocycles. The van der Waals surface area contributed by atoms with E-state index in [0.717, 1.165) is 32.6 Å². The van der Waals surface area contributed by atoms with Crippen LogP contribution in [0.3, 0.4) is 0 Å². The van der Waals surface area contributed by atoms with E-state index in [1.165, 1.54) is 0 Å². The summed E-state index contributed by atoms with van der Waals surface area (Å²) < 4.78 is 5.26. The van der Waals surface area contributed by atoms with Gasteiger partial charge in [0.2, 0.25) is 0 Å². The first-order valence-corrected chi connectivity index (χ1v) is 5.51. The fraction of sp³-hybridized carbons (Fsp3) is 0.800. The molecule has 0 aromatic rings. The highest BCUT2D eigenvalue weighted by Crippen LogP contribution is 2.19. The van der Waals surface area contributed by atoms with Gasteiger partial charge < -0.3 is 15.2 Å². The predicted molar refractivity (Wildman–Crippen MR) is 57.7 cm³/mol. The lowest BCUT2D eigenvalue weighted by Gasteiger charge is -2.36. The van der Waals surface area contributed by atoms with Crippen LogP contribution in [0.4, 0.5) is 0 Å². The lowest BCUT2D eigenvalue weighted by molar-refractivity contribution is 0.0136. The van der Waals surface area contributed by atoms with Gasteiger partial charge >= 0.3 is 0 Å². The Balaban J connectivity index is 2.32. The minimum Gasteiger partial charge on any atom is -0.394 e. The summed E-state index contributed by atoms with van der Waals surface area (Å²) in [6.07, 6.45) is 5.63. The molecule has 0 aromatic heterocycles. The molecular formula is C10H18ClNO2. The summed E-state index contributed by atoms with van der Waals surface area (Å²) in [5.41, 5.74) is -0.144. The molecule has 0 amide bonds. The SMILES string of the molecule is OCC1(NC/C=C/CCl)CCOCC1. The highest BCUT2D eigenvalue weighted by Gasteiger charge is 2.30. The van der Waals surface area contributed by atoms with Gasteiger partial charge in [-0.15, -0.1) is 11.6 Å². The van der Waals surface area contributed by atoms with Gasteiger partial charge in [-0.2, -0.15) is 0 Å². The van der Waals surface area contributed by atoms with Crippen molar-refractivity contribution in [2.24, 2.45) is 0 Å². The van der Waals surface area contributed by atoms with Crippen molar-refractivity contribution in [3.8, 4) is 0 Å². The van der Waals surface area contributed by atoms with Gasteiger partial charge in [0.1, 0.15) is 0 Å². The van der Waals surface area contributed by atoms with Gasteiger partial charge in [0.15, 0.2) is 0 Å². The summed E-state index contributed by atoms with van der Waals surface area (Å²) in [4.78, 5) is 0. The Hall–Kier alpha value is -0.0900. The Bertz CT molecular complexity index is 179. The number of aliphatic hydroxyl groups excluding tert-OH is 1. The summed E-state index contributed by atoms with van der Waals surface area (Å²) in [5, 5.41) is 12.7. The summed E-state index contributed by atoms with van der Waals surface area (Å²) in [6, 6.07) is 0. The molecule has 1 aliphatic rings. The van der Waals surface area contributed by atoms with E-state index in [1.54, 1.807) is 0 Å². The maximum absolute atomic E-state index is 9.33. The molecule has 1 saturated heterocycles. The van der Waals surface area contributed by atoms with Crippen molar-refractivity contribution < 1.29 is 9.84 Å². The second kappa shape index (κ2) is 6.40. The van der Waals surface area contributed by atoms with E-state index in [0.29, 0.717) is 5.88 Å². The van der Waals surface area contributed by atoms with Crippen LogP contribution in [0, 0.1) is 0 Å². The zero-order valence-corrected chi connectivity index (χ0v) is 9.09. The molecule has 0 aliphatic carbocycles. The number of rotatable bonds is 5. The Morgan fingerprint density at radius 3 is 2.64 bits per heavy atom. The summed E-state index contributed by atoms with van der Waals surface area (Å²) in [6.45, 7) is 2.39. The van der Waals surface area contributed by atoms with Crippen LogP contribution < -0.4 is 5.32 Å². The van der Waals surface area contributed by atoms with Crippen molar-refractivity contribution in [3.05, 3.63) is 12.2 Å². The monoisotopic (exact) mass is 219 g/mol. The first-order chi connectivity index (χ1) is 6.83. The molecule has 0 unspecified atom stereocenters. The number of halogens is 1. The molecular weight excluding hydrogens is 202 g/mol. The fourth-order valence-corrected chi connectivity index (χ4v) is 1.70. The number of hydrogen-bond acceptors (Lipinski definition) is 3. The highest BCUT2D eigenvalue weighted by molar-refractivity contribution is 6.18. The molecule has 1 rings (SSSR count). The summed E-state index contributed by atoms with van der Waals surface area (Å²) in [7, 11) is 0. The van der Waals surface area contributed by atoms with Crippen molar-refractivity contribution in [3.63, 3.8) is 0 Å². The van der Waals surface area contributed by atoms with Crippen LogP contribution in [-0.2, 0) is 4.74 Å². The van der Waals surface area contributed by atoms with Crippen LogP contribution in [0.25, 0.3) is 0 Å². The third-order valence-electron chi connectivity index (χ3n) is 2.60. The number of ether oxygens (including phenoxy) is 1. The average Bonchev–Trinajstić information content (AvgIpc) is 2.26. The maximum atomic E-state index is 9.33. The fourth-order valence-electron chi connectivity index (χ4n) is 1.57. The second-order valence-electron chi connectivity index (χ2n) is 3.56. The Morgan fingerprint density at radius 1 is 1.36 bits per heavy atom. The lowest BCUT2D eigenvalue weighted by atomic mass is 9.91. The molecule has 3 nitrogen and oxygen atoms in total. The zero-order chi connectivity index (χ0) is 10.3. The molecule has 1 fully saturated rings. The molecule has 1 heterocycles. The second-order valence-corrected chi connectivity index (χ2v) is 3.87. The van der Waals surface area contributed by atoms with E-state index >= 15 is 0 Å². The lowest BCUT2D eigenvalue weighted by Crippen LogP contribution is -2.52. The molecule has 14 heavy (non-hydrogen) atoms. The van der Waals surface area contributed by atoms with Crippen LogP contribution >= 0.6 is 11.6 Å². The van der Waals surface area contributed by atoms with Crippen molar-refractivity contribution in [1.82, 2.24) is 5.32 Å². The minimum atomic E-state index is -0.144. The molecule has 0 spiro atoms. The smallest absolute Gasteiger partial charge is 0.0615 e. The third-order valence-corrected chi connectivity index (χ3v) is 2.78. The van der Waals surface area contributed by atoms with Crippen LogP contribution in [0.5, 0.6) is 0 Å². The van der Waals surface area contributed by atoms with Gasteiger partial charge in [0, 0.05) is 31.2 Å². The number of aliphatic hydroxyl groups is 1. The Labute approximate surface area is 90.1 Å². The molecule has 0 radical (unpaired) electrons. The quantitative estimate of drug-likeness (QED) is 0.534. The average molecular weight is 220 g/mol. The first-order valence-electron chi connectivity index (χ1n) is 4.97. The van der Waals surface area contributed by atoms with E-state index < -0.39 is 0 Å². The predicted octanol–water partition coefficient (Wildman–Crippen LogP) is 0.913. The molecule has 2 N–H and O–H groups in total. The van der Waals surface area contributed by atoms with E-state index in [2.05, 4.69) is 5.32 Å². The topological polar surface area (TPSA) is 41.5 Å². The molecule has 4 heteroatoms. The summed E-state index contributed by atoms with van der Waals surface area (Å²) >= 11 is 5.51. The number of nitrogens with one attached hydrogen (secondary N) is 1. The number of allylic oxidation sites excluding steroid dienone is 1. The summed E-state index contributed by atoms with van der Waals surface area (Å²) in [5.74, 6) is 0.539. The first kappa shape index (κ1) is 12.0. The van der Waals surface area contributed by atoms with E-state index in [9.17, 15) is 5.11 Å². The number of alkyl halides is 1. The van der Waals surface area contributed by atoms with Gasteiger partial charge in [-0.1, -0.05) is 12.2 Å². The highest BCUT2D eigenvalue weighted by atomic mass is 35.5.